The SMILES string of the molecule is CCOC(=O)c1ccc(N(C)C(=O)c2cc(Oc3ccc4c(c3)NC(=O)CC4)ccc2C=O)cc1. The van der Waals surface area contributed by atoms with Gasteiger partial charge < -0.3 is 19.7 Å². The van der Waals surface area contributed by atoms with Crippen LogP contribution < -0.4 is 15.0 Å². The van der Waals surface area contributed by atoms with Crippen molar-refractivity contribution in [3.05, 3.63) is 82.9 Å². The van der Waals surface area contributed by atoms with Crippen LogP contribution in [0.15, 0.2) is 60.7 Å². The summed E-state index contributed by atoms with van der Waals surface area (Å²) in [7, 11) is 1.58. The molecule has 0 fully saturated rings. The number of hydrogen-bond acceptors (Lipinski definition) is 6. The van der Waals surface area contributed by atoms with Crippen LogP contribution in [0.4, 0.5) is 11.4 Å². The Morgan fingerprint density at radius 2 is 1.71 bits per heavy atom. The van der Waals surface area contributed by atoms with Gasteiger partial charge in [0.2, 0.25) is 5.91 Å². The van der Waals surface area contributed by atoms with E-state index >= 15 is 0 Å². The van der Waals surface area contributed by atoms with Crippen molar-refractivity contribution in [1.82, 2.24) is 0 Å². The van der Waals surface area contributed by atoms with Gasteiger partial charge in [-0.25, -0.2) is 4.79 Å². The van der Waals surface area contributed by atoms with Crippen LogP contribution in [0.5, 0.6) is 11.5 Å². The zero-order valence-corrected chi connectivity index (χ0v) is 19.4. The standard InChI is InChI=1S/C27H24N2O6/c1-3-34-27(33)18-4-9-20(10-5-18)29(2)26(32)23-14-21(12-7-19(23)16-30)35-22-11-6-17-8-13-25(31)28-24(17)15-22/h4-7,9-12,14-16H,3,8,13H2,1-2H3,(H,28,31). The number of carbonyl (C=O) groups excluding carboxylic acids is 4. The van der Waals surface area contributed by atoms with Crippen LogP contribution >= 0.6 is 0 Å². The first-order valence-electron chi connectivity index (χ1n) is 11.1. The van der Waals surface area contributed by atoms with E-state index in [-0.39, 0.29) is 23.6 Å². The molecule has 0 saturated carbocycles. The van der Waals surface area contributed by atoms with Crippen LogP contribution in [-0.4, -0.2) is 37.7 Å². The summed E-state index contributed by atoms with van der Waals surface area (Å²) in [4.78, 5) is 49.8. The lowest BCUT2D eigenvalue weighted by Gasteiger charge is -2.20. The number of hydrogen-bond donors (Lipinski definition) is 1. The molecule has 8 heteroatoms. The van der Waals surface area contributed by atoms with E-state index in [0.717, 1.165) is 5.56 Å². The zero-order chi connectivity index (χ0) is 24.9. The molecule has 1 heterocycles. The average molecular weight is 472 g/mol. The predicted molar refractivity (Wildman–Crippen MR) is 130 cm³/mol. The van der Waals surface area contributed by atoms with Gasteiger partial charge in [-0.15, -0.1) is 0 Å². The van der Waals surface area contributed by atoms with Crippen molar-refractivity contribution in [1.29, 1.82) is 0 Å². The number of nitrogens with one attached hydrogen (secondary N) is 1. The van der Waals surface area contributed by atoms with Crippen molar-refractivity contribution in [3.63, 3.8) is 0 Å². The summed E-state index contributed by atoms with van der Waals surface area (Å²) in [5.74, 6) is -0.0450. The highest BCUT2D eigenvalue weighted by Crippen LogP contribution is 2.31. The summed E-state index contributed by atoms with van der Waals surface area (Å²) in [5, 5.41) is 2.83. The first kappa shape index (κ1) is 23.7. The van der Waals surface area contributed by atoms with Gasteiger partial charge in [-0.1, -0.05) is 6.07 Å². The highest BCUT2D eigenvalue weighted by atomic mass is 16.5. The molecule has 0 unspecified atom stereocenters. The van der Waals surface area contributed by atoms with Crippen LogP contribution in [0.2, 0.25) is 0 Å². The van der Waals surface area contributed by atoms with Crippen LogP contribution in [0.3, 0.4) is 0 Å². The van der Waals surface area contributed by atoms with E-state index in [1.165, 1.54) is 17.0 Å². The molecule has 0 radical (unpaired) electrons. The second-order valence-electron chi connectivity index (χ2n) is 7.97. The highest BCUT2D eigenvalue weighted by Gasteiger charge is 2.20. The fourth-order valence-electron chi connectivity index (χ4n) is 3.77. The first-order valence-corrected chi connectivity index (χ1v) is 11.1. The minimum absolute atomic E-state index is 0.0452. The zero-order valence-electron chi connectivity index (χ0n) is 19.4. The summed E-state index contributed by atoms with van der Waals surface area (Å²) < 4.78 is 10.9. The number of nitrogens with zero attached hydrogens (tertiary/aromatic N) is 1. The van der Waals surface area contributed by atoms with Crippen molar-refractivity contribution in [2.24, 2.45) is 0 Å². The number of rotatable bonds is 7. The second-order valence-corrected chi connectivity index (χ2v) is 7.97. The summed E-state index contributed by atoms with van der Waals surface area (Å²) >= 11 is 0. The second kappa shape index (κ2) is 10.2. The van der Waals surface area contributed by atoms with Gasteiger partial charge in [0.1, 0.15) is 11.5 Å². The van der Waals surface area contributed by atoms with Gasteiger partial charge in [-0.05, 0) is 67.4 Å². The summed E-state index contributed by atoms with van der Waals surface area (Å²) in [6.45, 7) is 2.00. The smallest absolute Gasteiger partial charge is 0.338 e. The van der Waals surface area contributed by atoms with E-state index in [4.69, 9.17) is 9.47 Å². The number of benzene rings is 3. The van der Waals surface area contributed by atoms with Gasteiger partial charge in [-0.3, -0.25) is 14.4 Å². The molecule has 0 aliphatic carbocycles. The fourth-order valence-corrected chi connectivity index (χ4v) is 3.77. The van der Waals surface area contributed by atoms with Crippen LogP contribution in [0, 0.1) is 0 Å². The number of amides is 2. The monoisotopic (exact) mass is 472 g/mol. The summed E-state index contributed by atoms with van der Waals surface area (Å²) in [5.41, 5.74) is 3.03. The molecule has 2 amide bonds. The lowest BCUT2D eigenvalue weighted by molar-refractivity contribution is -0.116. The van der Waals surface area contributed by atoms with Crippen molar-refractivity contribution < 1.29 is 28.7 Å². The normalized spacial score (nSPS) is 12.2. The molecule has 178 valence electrons. The van der Waals surface area contributed by atoms with E-state index in [9.17, 15) is 19.2 Å². The third kappa shape index (κ3) is 5.22. The van der Waals surface area contributed by atoms with E-state index in [1.54, 1.807) is 56.4 Å². The van der Waals surface area contributed by atoms with Gasteiger partial charge in [0, 0.05) is 36.5 Å². The molecule has 1 aliphatic rings. The quantitative estimate of drug-likeness (QED) is 0.397. The molecule has 0 spiro atoms. The number of aldehydes is 1. The Morgan fingerprint density at radius 3 is 2.43 bits per heavy atom. The van der Waals surface area contributed by atoms with Gasteiger partial charge in [0.05, 0.1) is 17.7 Å². The minimum atomic E-state index is -0.442. The summed E-state index contributed by atoms with van der Waals surface area (Å²) in [6, 6.07) is 16.5. The van der Waals surface area contributed by atoms with Crippen molar-refractivity contribution in [3.8, 4) is 11.5 Å². The molecule has 4 rings (SSSR count). The largest absolute Gasteiger partial charge is 0.462 e. The third-order valence-electron chi connectivity index (χ3n) is 5.67. The van der Waals surface area contributed by atoms with E-state index < -0.39 is 11.9 Å². The van der Waals surface area contributed by atoms with Crippen LogP contribution in [-0.2, 0) is 16.0 Å². The molecule has 3 aromatic rings. The molecule has 0 aromatic heterocycles. The lowest BCUT2D eigenvalue weighted by Crippen LogP contribution is -2.27. The Kier molecular flexibility index (Phi) is 6.91. The van der Waals surface area contributed by atoms with Crippen molar-refractivity contribution >= 4 is 35.4 Å². The number of fused-ring (bicyclic) bond motifs is 1. The molecule has 0 bridgehead atoms. The van der Waals surface area contributed by atoms with E-state index in [1.807, 2.05) is 6.07 Å². The van der Waals surface area contributed by atoms with E-state index in [0.29, 0.717) is 47.6 Å². The van der Waals surface area contributed by atoms with Gasteiger partial charge in [0.25, 0.3) is 5.91 Å². The molecular formula is C27H24N2O6. The van der Waals surface area contributed by atoms with Gasteiger partial charge >= 0.3 is 5.97 Å². The first-order chi connectivity index (χ1) is 16.9. The Bertz CT molecular complexity index is 1300. The molecule has 1 aliphatic heterocycles. The van der Waals surface area contributed by atoms with Crippen LogP contribution in [0.1, 0.15) is 50.0 Å². The number of carbonyl (C=O) groups is 4. The fraction of sp³-hybridized carbons (Fsp3) is 0.185. The Hall–Kier alpha value is -4.46. The topological polar surface area (TPSA) is 102 Å². The Morgan fingerprint density at radius 1 is 1.00 bits per heavy atom. The molecule has 1 N–H and O–H groups in total. The third-order valence-corrected chi connectivity index (χ3v) is 5.67. The number of aryl methyl sites for hydroxylation is 1. The lowest BCUT2D eigenvalue weighted by atomic mass is 10.0. The Labute approximate surface area is 202 Å². The van der Waals surface area contributed by atoms with E-state index in [2.05, 4.69) is 5.32 Å². The van der Waals surface area contributed by atoms with Crippen LogP contribution in [0.25, 0.3) is 0 Å². The molecule has 0 atom stereocenters. The predicted octanol–water partition coefficient (Wildman–Crippen LogP) is 4.63. The maximum atomic E-state index is 13.3. The molecule has 8 nitrogen and oxygen atoms in total. The van der Waals surface area contributed by atoms with Gasteiger partial charge in [-0.2, -0.15) is 0 Å². The van der Waals surface area contributed by atoms with Crippen molar-refractivity contribution in [2.75, 3.05) is 23.9 Å². The molecule has 0 saturated heterocycles. The van der Waals surface area contributed by atoms with Gasteiger partial charge in [0.15, 0.2) is 6.29 Å². The van der Waals surface area contributed by atoms with Crippen molar-refractivity contribution in [2.45, 2.75) is 19.8 Å². The maximum Gasteiger partial charge on any atom is 0.338 e. The minimum Gasteiger partial charge on any atom is -0.462 e. The highest BCUT2D eigenvalue weighted by molar-refractivity contribution is 6.10. The average Bonchev–Trinajstić information content (AvgIpc) is 2.87. The molecule has 35 heavy (non-hydrogen) atoms. The number of anilines is 2. The molecule has 3 aromatic carbocycles. The number of ether oxygens (including phenoxy) is 2. The number of esters is 1. The summed E-state index contributed by atoms with van der Waals surface area (Å²) in [6.07, 6.45) is 1.73. The molecular weight excluding hydrogens is 448 g/mol. The maximum absolute atomic E-state index is 13.3. The Balaban J connectivity index is 1.56.